The summed E-state index contributed by atoms with van der Waals surface area (Å²) in [5.41, 5.74) is 4.90. The average molecular weight is 540 g/mol. The van der Waals surface area contributed by atoms with Crippen LogP contribution in [0.4, 0.5) is 16.0 Å². The van der Waals surface area contributed by atoms with Crippen molar-refractivity contribution in [2.24, 2.45) is 0 Å². The summed E-state index contributed by atoms with van der Waals surface area (Å²) in [6.07, 6.45) is 2.06. The Balaban J connectivity index is 1.19. The van der Waals surface area contributed by atoms with Crippen LogP contribution >= 0.6 is 0 Å². The van der Waals surface area contributed by atoms with Crippen LogP contribution in [-0.4, -0.2) is 45.5 Å². The van der Waals surface area contributed by atoms with E-state index >= 15 is 0 Å². The molecule has 0 radical (unpaired) electrons. The topological polar surface area (TPSA) is 79.4 Å². The summed E-state index contributed by atoms with van der Waals surface area (Å²) >= 11 is 0. The van der Waals surface area contributed by atoms with Gasteiger partial charge in [-0.05, 0) is 69.9 Å². The number of aromatic nitrogens is 2. The number of fused-ring (bicyclic) bond motifs is 2. The van der Waals surface area contributed by atoms with Gasteiger partial charge in [0.2, 0.25) is 5.95 Å². The summed E-state index contributed by atoms with van der Waals surface area (Å²) in [7, 11) is 0. The summed E-state index contributed by atoms with van der Waals surface area (Å²) in [5, 5.41) is 7.21. The minimum absolute atomic E-state index is 0.309. The van der Waals surface area contributed by atoms with E-state index in [9.17, 15) is 9.18 Å². The predicted molar refractivity (Wildman–Crippen MR) is 156 cm³/mol. The quantitative estimate of drug-likeness (QED) is 0.313. The van der Waals surface area contributed by atoms with Crippen molar-refractivity contribution in [3.8, 4) is 16.9 Å². The first-order valence-corrected chi connectivity index (χ1v) is 13.8. The molecular formula is C32H34FN5O2. The lowest BCUT2D eigenvalue weighted by Crippen LogP contribution is -2.45. The van der Waals surface area contributed by atoms with E-state index in [4.69, 9.17) is 14.7 Å². The van der Waals surface area contributed by atoms with Crippen molar-refractivity contribution in [3.05, 3.63) is 77.2 Å². The third-order valence-electron chi connectivity index (χ3n) is 7.85. The lowest BCUT2D eigenvalue weighted by atomic mass is 9.98. The molecular weight excluding hydrogens is 505 g/mol. The van der Waals surface area contributed by atoms with Crippen molar-refractivity contribution in [2.45, 2.75) is 58.7 Å². The van der Waals surface area contributed by atoms with Crippen molar-refractivity contribution >= 4 is 28.4 Å². The largest absolute Gasteiger partial charge is 0.475 e. The second kappa shape index (κ2) is 10.2. The summed E-state index contributed by atoms with van der Waals surface area (Å²) in [6, 6.07) is 17.6. The smallest absolute Gasteiger partial charge is 0.268 e. The number of hydrogen-bond acceptors (Lipinski definition) is 6. The van der Waals surface area contributed by atoms with Crippen LogP contribution in [-0.2, 0) is 11.3 Å². The predicted octanol–water partition coefficient (Wildman–Crippen LogP) is 6.24. The molecule has 2 aliphatic rings. The van der Waals surface area contributed by atoms with Crippen molar-refractivity contribution < 1.29 is 13.9 Å². The number of piperidine rings is 1. The minimum Gasteiger partial charge on any atom is -0.475 e. The molecule has 0 aliphatic carbocycles. The molecule has 7 nitrogen and oxygen atoms in total. The maximum atomic E-state index is 14.5. The molecule has 2 N–H and O–H groups in total. The highest BCUT2D eigenvalue weighted by atomic mass is 19.1. The van der Waals surface area contributed by atoms with Gasteiger partial charge in [-0.1, -0.05) is 35.9 Å². The highest BCUT2D eigenvalue weighted by Gasteiger charge is 2.37. The number of carbonyl (C=O) groups excluding carboxylic acids is 1. The molecule has 4 aromatic rings. The standard InChI is InChI=1S/C32H34FN5O2/c1-19-5-7-21(8-6-19)18-38-13-11-24(12-14-38)35-31-34-20(2)25-15-22(9-10-27(25)37-31)26-16-23(33)17-28-29(26)40-32(3,4)30(39)36-28/h5-10,15-17,24H,11-14,18H2,1-4H3,(H,36,39)(H,34,35,37). The number of carbonyl (C=O) groups is 1. The van der Waals surface area contributed by atoms with Gasteiger partial charge in [0, 0.05) is 42.7 Å². The van der Waals surface area contributed by atoms with E-state index in [0.717, 1.165) is 54.6 Å². The van der Waals surface area contributed by atoms with Crippen molar-refractivity contribution in [1.29, 1.82) is 0 Å². The van der Waals surface area contributed by atoms with Crippen molar-refractivity contribution in [1.82, 2.24) is 14.9 Å². The van der Waals surface area contributed by atoms with Crippen molar-refractivity contribution in [2.75, 3.05) is 23.7 Å². The number of halogens is 1. The van der Waals surface area contributed by atoms with E-state index in [1.54, 1.807) is 13.8 Å². The zero-order valence-electron chi connectivity index (χ0n) is 23.3. The van der Waals surface area contributed by atoms with Crippen LogP contribution in [0.1, 0.15) is 43.5 Å². The molecule has 1 amide bonds. The summed E-state index contributed by atoms with van der Waals surface area (Å²) in [4.78, 5) is 24.4. The van der Waals surface area contributed by atoms with Gasteiger partial charge in [0.25, 0.3) is 5.91 Å². The second-order valence-electron chi connectivity index (χ2n) is 11.4. The lowest BCUT2D eigenvalue weighted by molar-refractivity contribution is -0.129. The van der Waals surface area contributed by atoms with Gasteiger partial charge in [0.1, 0.15) is 5.82 Å². The SMILES string of the molecule is Cc1ccc(CN2CCC(Nc3nc(C)c4cc(-c5cc(F)cc6c5OC(C)(C)C(=O)N6)ccc4n3)CC2)cc1. The summed E-state index contributed by atoms with van der Waals surface area (Å²) in [5.74, 6) is 0.327. The van der Waals surface area contributed by atoms with Crippen LogP contribution in [0.15, 0.2) is 54.6 Å². The number of aryl methyl sites for hydroxylation is 2. The molecule has 3 aromatic carbocycles. The minimum atomic E-state index is -1.06. The Kier molecular flexibility index (Phi) is 6.66. The molecule has 206 valence electrons. The maximum Gasteiger partial charge on any atom is 0.268 e. The number of likely N-dealkylation sites (tertiary alicyclic amines) is 1. The fraction of sp³-hybridized carbons (Fsp3) is 0.344. The van der Waals surface area contributed by atoms with Gasteiger partial charge in [-0.3, -0.25) is 9.69 Å². The fourth-order valence-electron chi connectivity index (χ4n) is 5.47. The Hall–Kier alpha value is -4.04. The molecule has 40 heavy (non-hydrogen) atoms. The molecule has 0 bridgehead atoms. The monoisotopic (exact) mass is 539 g/mol. The molecule has 6 rings (SSSR count). The normalized spacial score (nSPS) is 17.3. The number of rotatable bonds is 5. The molecule has 0 saturated carbocycles. The van der Waals surface area contributed by atoms with Gasteiger partial charge in [-0.15, -0.1) is 0 Å². The number of nitrogens with one attached hydrogen (secondary N) is 2. The Labute approximate surface area is 233 Å². The zero-order chi connectivity index (χ0) is 28.0. The molecule has 0 atom stereocenters. The Morgan fingerprint density at radius 1 is 1.05 bits per heavy atom. The van der Waals surface area contributed by atoms with Crippen LogP contribution in [0.5, 0.6) is 5.75 Å². The van der Waals surface area contributed by atoms with Crippen LogP contribution in [0.2, 0.25) is 0 Å². The van der Waals surface area contributed by atoms with Crippen LogP contribution in [0.25, 0.3) is 22.0 Å². The first-order chi connectivity index (χ1) is 19.1. The molecule has 3 heterocycles. The molecule has 0 unspecified atom stereocenters. The van der Waals surface area contributed by atoms with E-state index < -0.39 is 11.4 Å². The third kappa shape index (κ3) is 5.23. The third-order valence-corrected chi connectivity index (χ3v) is 7.85. The van der Waals surface area contributed by atoms with E-state index in [2.05, 4.69) is 46.7 Å². The zero-order valence-corrected chi connectivity index (χ0v) is 23.3. The number of hydrogen-bond donors (Lipinski definition) is 2. The van der Waals surface area contributed by atoms with Crippen LogP contribution < -0.4 is 15.4 Å². The summed E-state index contributed by atoms with van der Waals surface area (Å²) in [6.45, 7) is 10.5. The molecule has 8 heteroatoms. The number of benzene rings is 3. The average Bonchev–Trinajstić information content (AvgIpc) is 2.91. The molecule has 1 fully saturated rings. The van der Waals surface area contributed by atoms with Gasteiger partial charge >= 0.3 is 0 Å². The van der Waals surface area contributed by atoms with E-state index in [-0.39, 0.29) is 5.91 Å². The van der Waals surface area contributed by atoms with Gasteiger partial charge < -0.3 is 15.4 Å². The van der Waals surface area contributed by atoms with Crippen LogP contribution in [0, 0.1) is 19.7 Å². The first kappa shape index (κ1) is 26.2. The number of ether oxygens (including phenoxy) is 1. The summed E-state index contributed by atoms with van der Waals surface area (Å²) < 4.78 is 20.6. The van der Waals surface area contributed by atoms with E-state index in [0.29, 0.717) is 29.0 Å². The van der Waals surface area contributed by atoms with Crippen LogP contribution in [0.3, 0.4) is 0 Å². The van der Waals surface area contributed by atoms with Gasteiger partial charge in [-0.2, -0.15) is 0 Å². The Morgan fingerprint density at radius 2 is 1.80 bits per heavy atom. The molecule has 1 saturated heterocycles. The molecule has 2 aliphatic heterocycles. The number of anilines is 2. The maximum absolute atomic E-state index is 14.5. The second-order valence-corrected chi connectivity index (χ2v) is 11.4. The first-order valence-electron chi connectivity index (χ1n) is 13.8. The fourth-order valence-corrected chi connectivity index (χ4v) is 5.47. The molecule has 0 spiro atoms. The van der Waals surface area contributed by atoms with Gasteiger partial charge in [0.05, 0.1) is 16.9 Å². The lowest BCUT2D eigenvalue weighted by Gasteiger charge is -2.33. The van der Waals surface area contributed by atoms with Crippen molar-refractivity contribution in [3.63, 3.8) is 0 Å². The van der Waals surface area contributed by atoms with Gasteiger partial charge in [-0.25, -0.2) is 14.4 Å². The Bertz CT molecular complexity index is 1590. The number of nitrogens with zero attached hydrogens (tertiary/aromatic N) is 3. The molecule has 1 aromatic heterocycles. The van der Waals surface area contributed by atoms with E-state index in [1.165, 1.54) is 23.3 Å². The Morgan fingerprint density at radius 3 is 2.55 bits per heavy atom. The van der Waals surface area contributed by atoms with E-state index in [1.807, 2.05) is 25.1 Å². The van der Waals surface area contributed by atoms with Gasteiger partial charge in [0.15, 0.2) is 11.4 Å². The highest BCUT2D eigenvalue weighted by molar-refractivity contribution is 6.02. The highest BCUT2D eigenvalue weighted by Crippen LogP contribution is 2.43. The number of amides is 1.